The first kappa shape index (κ1) is 36.9. The summed E-state index contributed by atoms with van der Waals surface area (Å²) in [6.45, 7) is 5.15. The van der Waals surface area contributed by atoms with Crippen molar-refractivity contribution >= 4 is 69.4 Å². The van der Waals surface area contributed by atoms with Crippen LogP contribution < -0.4 is 5.32 Å². The second-order valence-electron chi connectivity index (χ2n) is 11.9. The second kappa shape index (κ2) is 18.1. The van der Waals surface area contributed by atoms with Crippen LogP contribution in [-0.2, 0) is 17.7 Å². The largest absolute Gasteiger partial charge is 0.366 e. The predicted molar refractivity (Wildman–Crippen MR) is 212 cm³/mol. The van der Waals surface area contributed by atoms with Gasteiger partial charge >= 0.3 is 0 Å². The third-order valence-electron chi connectivity index (χ3n) is 8.78. The lowest BCUT2D eigenvalue weighted by atomic mass is 10.0. The quantitative estimate of drug-likeness (QED) is 0.0611. The van der Waals surface area contributed by atoms with Gasteiger partial charge < -0.3 is 19.5 Å². The third kappa shape index (κ3) is 9.33. The first-order valence-corrected chi connectivity index (χ1v) is 20.0. The number of hydrogen-bond donors (Lipinski definition) is 1. The Morgan fingerprint density at radius 1 is 1.04 bits per heavy atom. The molecule has 2 aliphatic rings. The van der Waals surface area contributed by atoms with E-state index in [0.29, 0.717) is 38.0 Å². The zero-order valence-electron chi connectivity index (χ0n) is 27.7. The van der Waals surface area contributed by atoms with Gasteiger partial charge in [-0.05, 0) is 83.8 Å². The zero-order chi connectivity index (χ0) is 33.4. The molecule has 1 saturated heterocycles. The summed E-state index contributed by atoms with van der Waals surface area (Å²) in [7, 11) is 0. The fraction of sp³-hybridized carbons (Fsp3) is 0.324. The Hall–Kier alpha value is -2.84. The van der Waals surface area contributed by atoms with Crippen molar-refractivity contribution in [2.24, 2.45) is 4.99 Å². The van der Waals surface area contributed by atoms with Crippen LogP contribution in [0.5, 0.6) is 0 Å². The van der Waals surface area contributed by atoms with Gasteiger partial charge in [-0.15, -0.1) is 51.8 Å². The molecule has 8 nitrogen and oxygen atoms in total. The zero-order valence-corrected chi connectivity index (χ0v) is 32.7. The van der Waals surface area contributed by atoms with E-state index in [1.807, 2.05) is 53.8 Å². The SMILES string of the molecule is Br.CSc1ccc(C(CN=C(NCCSc2ccc(Cl)cc2)N2CCOC(c3noc(-c4ccccc4)n3)C2)N2CCc3sccc3C2)cc1. The van der Waals surface area contributed by atoms with Gasteiger partial charge in [0.15, 0.2) is 5.96 Å². The van der Waals surface area contributed by atoms with Crippen molar-refractivity contribution in [3.63, 3.8) is 0 Å². The fourth-order valence-corrected chi connectivity index (χ4v) is 8.35. The molecule has 50 heavy (non-hydrogen) atoms. The van der Waals surface area contributed by atoms with Gasteiger partial charge in [-0.1, -0.05) is 47.1 Å². The van der Waals surface area contributed by atoms with Crippen molar-refractivity contribution in [1.82, 2.24) is 25.3 Å². The highest BCUT2D eigenvalue weighted by molar-refractivity contribution is 8.93. The molecule has 0 radical (unpaired) electrons. The first-order chi connectivity index (χ1) is 24.1. The average molecular weight is 812 g/mol. The molecule has 2 aliphatic heterocycles. The molecule has 0 saturated carbocycles. The van der Waals surface area contributed by atoms with E-state index in [1.54, 1.807) is 23.5 Å². The maximum Gasteiger partial charge on any atom is 0.258 e. The monoisotopic (exact) mass is 810 g/mol. The maximum atomic E-state index is 6.19. The van der Waals surface area contributed by atoms with Crippen LogP contribution in [0.25, 0.3) is 11.5 Å². The summed E-state index contributed by atoms with van der Waals surface area (Å²) < 4.78 is 11.8. The molecule has 0 bridgehead atoms. The number of nitrogens with zero attached hydrogens (tertiary/aromatic N) is 5. The Kier molecular flexibility index (Phi) is 13.4. The van der Waals surface area contributed by atoms with Crippen molar-refractivity contribution in [3.8, 4) is 11.5 Å². The molecule has 0 aliphatic carbocycles. The number of morpholine rings is 1. The minimum absolute atomic E-state index is 0. The predicted octanol–water partition coefficient (Wildman–Crippen LogP) is 8.66. The number of guanidine groups is 1. The van der Waals surface area contributed by atoms with Gasteiger partial charge in [0.1, 0.15) is 6.10 Å². The molecule has 3 aromatic carbocycles. The topological polar surface area (TPSA) is 79.0 Å². The lowest BCUT2D eigenvalue weighted by Gasteiger charge is -2.36. The minimum atomic E-state index is -0.334. The van der Waals surface area contributed by atoms with Gasteiger partial charge in [-0.2, -0.15) is 4.98 Å². The number of benzene rings is 3. The van der Waals surface area contributed by atoms with E-state index < -0.39 is 0 Å². The Morgan fingerprint density at radius 3 is 2.64 bits per heavy atom. The molecule has 2 atom stereocenters. The molecule has 2 aromatic heterocycles. The summed E-state index contributed by atoms with van der Waals surface area (Å²) >= 11 is 11.6. The van der Waals surface area contributed by atoms with Crippen LogP contribution in [0.1, 0.15) is 34.0 Å². The first-order valence-electron chi connectivity index (χ1n) is 16.5. The van der Waals surface area contributed by atoms with E-state index in [-0.39, 0.29) is 29.1 Å². The summed E-state index contributed by atoms with van der Waals surface area (Å²) in [6.07, 6.45) is 2.86. The van der Waals surface area contributed by atoms with Crippen LogP contribution in [0.2, 0.25) is 5.02 Å². The number of hydrogen-bond acceptors (Lipinski definition) is 9. The van der Waals surface area contributed by atoms with E-state index in [4.69, 9.17) is 30.8 Å². The summed E-state index contributed by atoms with van der Waals surface area (Å²) in [5, 5.41) is 11.0. The van der Waals surface area contributed by atoms with Crippen LogP contribution in [-0.4, -0.2) is 77.2 Å². The second-order valence-corrected chi connectivity index (χ2v) is 15.4. The number of thiophene rings is 1. The molecule has 1 fully saturated rings. The van der Waals surface area contributed by atoms with Crippen molar-refractivity contribution in [1.29, 1.82) is 0 Å². The number of aliphatic imine (C=N–C) groups is 1. The molecular formula is C37H40BrClN6O2S3. The summed E-state index contributed by atoms with van der Waals surface area (Å²) in [6, 6.07) is 29.3. The number of nitrogens with one attached hydrogen (secondary N) is 1. The van der Waals surface area contributed by atoms with Gasteiger partial charge in [0.05, 0.1) is 25.7 Å². The van der Waals surface area contributed by atoms with Crippen LogP contribution in [0.3, 0.4) is 0 Å². The highest BCUT2D eigenvalue weighted by atomic mass is 79.9. The van der Waals surface area contributed by atoms with Gasteiger partial charge in [0.25, 0.3) is 5.89 Å². The van der Waals surface area contributed by atoms with E-state index in [2.05, 4.69) is 74.4 Å². The van der Waals surface area contributed by atoms with E-state index >= 15 is 0 Å². The molecule has 0 amide bonds. The van der Waals surface area contributed by atoms with Gasteiger partial charge in [0, 0.05) is 57.2 Å². The van der Waals surface area contributed by atoms with Crippen molar-refractivity contribution in [2.75, 3.05) is 51.3 Å². The van der Waals surface area contributed by atoms with Crippen LogP contribution in [0.15, 0.2) is 110 Å². The van der Waals surface area contributed by atoms with Gasteiger partial charge in [0.2, 0.25) is 5.82 Å². The number of thioether (sulfide) groups is 2. The minimum Gasteiger partial charge on any atom is -0.366 e. The van der Waals surface area contributed by atoms with Crippen LogP contribution in [0.4, 0.5) is 0 Å². The van der Waals surface area contributed by atoms with Crippen molar-refractivity contribution < 1.29 is 9.26 Å². The maximum absolute atomic E-state index is 6.19. The molecule has 4 heterocycles. The average Bonchev–Trinajstić information content (AvgIpc) is 3.85. The number of rotatable bonds is 11. The molecule has 1 N–H and O–H groups in total. The summed E-state index contributed by atoms with van der Waals surface area (Å²) in [5.74, 6) is 2.79. The Balaban J connectivity index is 0.00000432. The third-order valence-corrected chi connectivity index (χ3v) is 11.8. The standard InChI is InChI=1S/C37H39ClN6O2S3.BrH/c1-47-30-11-7-26(8-12-30)32(43-18-15-34-28(24-43)16-21-49-34)23-40-37(39-17-22-48-31-13-9-29(38)10-14-31)44-19-20-45-33(25-44)35-41-36(46-42-35)27-5-3-2-4-6-27;/h2-14,16,21,32-33H,15,17-20,22-25H2,1H3,(H,39,40);1H. The molecule has 5 aromatic rings. The van der Waals surface area contributed by atoms with E-state index in [1.165, 1.54) is 25.8 Å². The number of aromatic nitrogens is 2. The van der Waals surface area contributed by atoms with Crippen LogP contribution >= 0.6 is 63.4 Å². The Labute approximate surface area is 321 Å². The van der Waals surface area contributed by atoms with Gasteiger partial charge in [-0.25, -0.2) is 0 Å². The number of ether oxygens (including phenoxy) is 1. The number of halogens is 2. The molecule has 7 rings (SSSR count). The van der Waals surface area contributed by atoms with Crippen LogP contribution in [0, 0.1) is 0 Å². The molecule has 262 valence electrons. The normalized spacial score (nSPS) is 17.2. The number of fused-ring (bicyclic) bond motifs is 1. The lowest BCUT2D eigenvalue weighted by molar-refractivity contribution is -0.0139. The van der Waals surface area contributed by atoms with E-state index in [9.17, 15) is 0 Å². The lowest BCUT2D eigenvalue weighted by Crippen LogP contribution is -2.49. The molecule has 13 heteroatoms. The van der Waals surface area contributed by atoms with Crippen molar-refractivity contribution in [2.45, 2.75) is 34.9 Å². The molecular weight excluding hydrogens is 772 g/mol. The van der Waals surface area contributed by atoms with Gasteiger partial charge in [-0.3, -0.25) is 9.89 Å². The fourth-order valence-electron chi connectivity index (χ4n) is 6.16. The highest BCUT2D eigenvalue weighted by Crippen LogP contribution is 2.32. The summed E-state index contributed by atoms with van der Waals surface area (Å²) in [5.41, 5.74) is 3.62. The van der Waals surface area contributed by atoms with Crippen molar-refractivity contribution in [3.05, 3.63) is 117 Å². The molecule has 0 spiro atoms. The Bertz CT molecular complexity index is 1820. The molecule has 2 unspecified atom stereocenters. The summed E-state index contributed by atoms with van der Waals surface area (Å²) in [4.78, 5) is 18.9. The highest BCUT2D eigenvalue weighted by Gasteiger charge is 2.30. The Morgan fingerprint density at radius 2 is 1.84 bits per heavy atom. The smallest absolute Gasteiger partial charge is 0.258 e. The van der Waals surface area contributed by atoms with E-state index in [0.717, 1.165) is 48.4 Å².